The monoisotopic (exact) mass is 529 g/mol. The second kappa shape index (κ2) is 10.4. The van der Waals surface area contributed by atoms with E-state index in [4.69, 9.17) is 4.55 Å². The van der Waals surface area contributed by atoms with Crippen LogP contribution in [0.3, 0.4) is 0 Å². The molecular formula is C27H47NO7S. The van der Waals surface area contributed by atoms with Gasteiger partial charge in [-0.05, 0) is 104 Å². The minimum Gasteiger partial charge on any atom is -0.393 e. The van der Waals surface area contributed by atoms with Crippen molar-refractivity contribution < 1.29 is 33.1 Å². The maximum atomic E-state index is 12.3. The van der Waals surface area contributed by atoms with E-state index in [-0.39, 0.29) is 71.1 Å². The van der Waals surface area contributed by atoms with Gasteiger partial charge in [-0.15, -0.1) is 0 Å². The number of amides is 1. The number of carbonyl (C=O) groups excluding carboxylic acids is 1. The molecule has 11 atom stereocenters. The molecule has 0 saturated heterocycles. The van der Waals surface area contributed by atoms with Gasteiger partial charge in [0.05, 0.1) is 24.1 Å². The second-order valence-corrected chi connectivity index (χ2v) is 14.6. The SMILES string of the molecule is CC(CCC(=O)NCCCS(=O)(=O)O)[C@H]1CC[C@H]2[C@@H]3[C@H](O)C[C@@H]4C[C@H](O)CC[C@]4(C)[C@H]3C[C@H](O)[C@]12C. The Hall–Kier alpha value is -0.740. The zero-order valence-electron chi connectivity index (χ0n) is 22.1. The first kappa shape index (κ1) is 28.3. The summed E-state index contributed by atoms with van der Waals surface area (Å²) in [6.45, 7) is 6.94. The van der Waals surface area contributed by atoms with E-state index in [0.29, 0.717) is 25.2 Å². The van der Waals surface area contributed by atoms with Crippen molar-refractivity contribution in [2.45, 2.75) is 103 Å². The third-order valence-electron chi connectivity index (χ3n) is 11.2. The van der Waals surface area contributed by atoms with E-state index in [2.05, 4.69) is 26.1 Å². The van der Waals surface area contributed by atoms with Gasteiger partial charge < -0.3 is 20.6 Å². The lowest BCUT2D eigenvalue weighted by atomic mass is 9.43. The van der Waals surface area contributed by atoms with Crippen molar-refractivity contribution in [1.29, 1.82) is 0 Å². The van der Waals surface area contributed by atoms with Crippen molar-refractivity contribution in [2.75, 3.05) is 12.3 Å². The Kier molecular flexibility index (Phi) is 8.20. The molecule has 4 saturated carbocycles. The summed E-state index contributed by atoms with van der Waals surface area (Å²) in [4.78, 5) is 12.3. The summed E-state index contributed by atoms with van der Waals surface area (Å²) in [7, 11) is -4.01. The highest BCUT2D eigenvalue weighted by atomic mass is 32.2. The molecule has 5 N–H and O–H groups in total. The number of aliphatic hydroxyl groups excluding tert-OH is 3. The van der Waals surface area contributed by atoms with E-state index >= 15 is 0 Å². The van der Waals surface area contributed by atoms with Crippen LogP contribution in [0, 0.1) is 46.3 Å². The van der Waals surface area contributed by atoms with Gasteiger partial charge in [-0.2, -0.15) is 8.42 Å². The van der Waals surface area contributed by atoms with E-state index in [1.807, 2.05) is 0 Å². The van der Waals surface area contributed by atoms with Crippen molar-refractivity contribution in [3.63, 3.8) is 0 Å². The second-order valence-electron chi connectivity index (χ2n) is 13.0. The van der Waals surface area contributed by atoms with E-state index in [0.717, 1.165) is 38.5 Å². The minimum atomic E-state index is -4.01. The van der Waals surface area contributed by atoms with Crippen LogP contribution in [0.15, 0.2) is 0 Å². The van der Waals surface area contributed by atoms with Gasteiger partial charge in [0.1, 0.15) is 0 Å². The molecule has 4 rings (SSSR count). The largest absolute Gasteiger partial charge is 0.393 e. The fraction of sp³-hybridized carbons (Fsp3) is 0.963. The van der Waals surface area contributed by atoms with Gasteiger partial charge in [-0.3, -0.25) is 9.35 Å². The molecule has 36 heavy (non-hydrogen) atoms. The molecule has 9 heteroatoms. The Morgan fingerprint density at radius 3 is 2.47 bits per heavy atom. The summed E-state index contributed by atoms with van der Waals surface area (Å²) in [6.07, 6.45) is 6.06. The van der Waals surface area contributed by atoms with E-state index in [1.165, 1.54) is 0 Å². The predicted molar refractivity (Wildman–Crippen MR) is 136 cm³/mol. The molecule has 1 amide bonds. The van der Waals surface area contributed by atoms with Crippen molar-refractivity contribution in [1.82, 2.24) is 5.32 Å². The lowest BCUT2D eigenvalue weighted by Crippen LogP contribution is -2.62. The first-order valence-electron chi connectivity index (χ1n) is 14.0. The molecule has 4 fully saturated rings. The molecular weight excluding hydrogens is 482 g/mol. The molecule has 0 heterocycles. The topological polar surface area (TPSA) is 144 Å². The fourth-order valence-corrected chi connectivity index (χ4v) is 9.77. The third kappa shape index (κ3) is 5.24. The van der Waals surface area contributed by atoms with Crippen LogP contribution in [0.4, 0.5) is 0 Å². The third-order valence-corrected chi connectivity index (χ3v) is 12.1. The molecule has 0 radical (unpaired) electrons. The Balaban J connectivity index is 1.39. The molecule has 0 aromatic rings. The fourth-order valence-electron chi connectivity index (χ4n) is 9.26. The van der Waals surface area contributed by atoms with Crippen LogP contribution in [-0.4, -0.2) is 64.8 Å². The molecule has 0 bridgehead atoms. The Labute approximate surface area is 216 Å². The highest BCUT2D eigenvalue weighted by Crippen LogP contribution is 2.68. The predicted octanol–water partition coefficient (Wildman–Crippen LogP) is 2.76. The molecule has 0 aromatic carbocycles. The molecule has 0 aliphatic heterocycles. The van der Waals surface area contributed by atoms with Crippen LogP contribution in [-0.2, 0) is 14.9 Å². The van der Waals surface area contributed by atoms with Gasteiger partial charge in [0.2, 0.25) is 5.91 Å². The lowest BCUT2D eigenvalue weighted by Gasteiger charge is -2.63. The summed E-state index contributed by atoms with van der Waals surface area (Å²) >= 11 is 0. The molecule has 4 aliphatic carbocycles. The van der Waals surface area contributed by atoms with Crippen LogP contribution in [0.5, 0.6) is 0 Å². The van der Waals surface area contributed by atoms with E-state index in [9.17, 15) is 28.5 Å². The average molecular weight is 530 g/mol. The number of rotatable bonds is 8. The molecule has 208 valence electrons. The normalized spacial score (nSPS) is 45.3. The zero-order chi connectivity index (χ0) is 26.5. The smallest absolute Gasteiger partial charge is 0.264 e. The molecule has 0 spiro atoms. The average Bonchev–Trinajstić information content (AvgIpc) is 3.15. The number of hydrogen-bond acceptors (Lipinski definition) is 6. The minimum absolute atomic E-state index is 0.0581. The Morgan fingerprint density at radius 2 is 1.78 bits per heavy atom. The van der Waals surface area contributed by atoms with E-state index in [1.54, 1.807) is 0 Å². The van der Waals surface area contributed by atoms with Crippen molar-refractivity contribution in [3.05, 3.63) is 0 Å². The summed E-state index contributed by atoms with van der Waals surface area (Å²) in [5, 5.41) is 36.0. The Bertz CT molecular complexity index is 912. The standard InChI is InChI=1S/C27H47NO7S/c1-16(5-8-24(32)28-11-4-12-36(33,34)35)19-6-7-20-25-21(15-23(31)27(19,20)3)26(2)10-9-18(29)13-17(26)14-22(25)30/h16-23,25,29-31H,4-15H2,1-3H3,(H,28,32)(H,33,34,35)/t16?,17-,18+,19+,20-,21-,22+,23-,25-,26-,27+/m0/s1. The van der Waals surface area contributed by atoms with Crippen LogP contribution in [0.1, 0.15) is 85.0 Å². The maximum Gasteiger partial charge on any atom is 0.264 e. The quantitative estimate of drug-likeness (QED) is 0.240. The lowest BCUT2D eigenvalue weighted by molar-refractivity contribution is -0.207. The van der Waals surface area contributed by atoms with Gasteiger partial charge in [-0.25, -0.2) is 0 Å². The van der Waals surface area contributed by atoms with E-state index < -0.39 is 22.3 Å². The highest BCUT2D eigenvalue weighted by Gasteiger charge is 2.65. The van der Waals surface area contributed by atoms with Crippen molar-refractivity contribution >= 4 is 16.0 Å². The zero-order valence-corrected chi connectivity index (χ0v) is 22.9. The highest BCUT2D eigenvalue weighted by molar-refractivity contribution is 7.85. The number of carbonyl (C=O) groups is 1. The summed E-state index contributed by atoms with van der Waals surface area (Å²) in [5.74, 6) is 1.04. The summed E-state index contributed by atoms with van der Waals surface area (Å²) < 4.78 is 30.4. The van der Waals surface area contributed by atoms with Crippen LogP contribution >= 0.6 is 0 Å². The van der Waals surface area contributed by atoms with Crippen LogP contribution < -0.4 is 5.32 Å². The number of aliphatic hydroxyl groups is 3. The molecule has 0 aromatic heterocycles. The van der Waals surface area contributed by atoms with Crippen LogP contribution in [0.2, 0.25) is 0 Å². The summed E-state index contributed by atoms with van der Waals surface area (Å²) in [5.41, 5.74) is -0.229. The summed E-state index contributed by atoms with van der Waals surface area (Å²) in [6, 6.07) is 0. The molecule has 8 nitrogen and oxygen atoms in total. The van der Waals surface area contributed by atoms with Crippen molar-refractivity contribution in [3.8, 4) is 0 Å². The van der Waals surface area contributed by atoms with Crippen LogP contribution in [0.25, 0.3) is 0 Å². The Morgan fingerprint density at radius 1 is 1.06 bits per heavy atom. The van der Waals surface area contributed by atoms with Gasteiger partial charge in [0, 0.05) is 13.0 Å². The molecule has 4 aliphatic rings. The number of nitrogens with one attached hydrogen (secondary N) is 1. The van der Waals surface area contributed by atoms with Gasteiger partial charge >= 0.3 is 0 Å². The van der Waals surface area contributed by atoms with Gasteiger partial charge in [-0.1, -0.05) is 20.8 Å². The molecule has 1 unspecified atom stereocenters. The van der Waals surface area contributed by atoms with Crippen molar-refractivity contribution in [2.24, 2.45) is 46.3 Å². The van der Waals surface area contributed by atoms with Gasteiger partial charge in [0.15, 0.2) is 0 Å². The number of hydrogen-bond donors (Lipinski definition) is 5. The number of fused-ring (bicyclic) bond motifs is 5. The first-order valence-corrected chi connectivity index (χ1v) is 15.6. The first-order chi connectivity index (χ1) is 16.8. The maximum absolute atomic E-state index is 12.3. The van der Waals surface area contributed by atoms with Gasteiger partial charge in [0.25, 0.3) is 10.1 Å².